The van der Waals surface area contributed by atoms with E-state index in [0.717, 1.165) is 38.8 Å². The molecule has 0 bridgehead atoms. The maximum absolute atomic E-state index is 12.5. The van der Waals surface area contributed by atoms with Crippen LogP contribution in [0.3, 0.4) is 0 Å². The summed E-state index contributed by atoms with van der Waals surface area (Å²) in [5, 5.41) is 2.84. The standard InChI is InChI=1S/C11H22N2O3S/c1-16-10-4-2-3-5-11(10)17(14,15)13-8-6-12-7-9-13/h10-12H,2-9H2,1H3. The molecule has 2 aliphatic rings. The van der Waals surface area contributed by atoms with Gasteiger partial charge in [-0.2, -0.15) is 4.31 Å². The van der Waals surface area contributed by atoms with Crippen LogP contribution in [0.5, 0.6) is 0 Å². The Morgan fingerprint density at radius 1 is 1.18 bits per heavy atom. The molecule has 2 unspecified atom stereocenters. The van der Waals surface area contributed by atoms with Crippen LogP contribution in [-0.2, 0) is 14.8 Å². The summed E-state index contributed by atoms with van der Waals surface area (Å²) in [4.78, 5) is 0. The van der Waals surface area contributed by atoms with Gasteiger partial charge in [0.1, 0.15) is 5.25 Å². The number of nitrogens with zero attached hydrogens (tertiary/aromatic N) is 1. The summed E-state index contributed by atoms with van der Waals surface area (Å²) in [6.45, 7) is 2.69. The zero-order valence-electron chi connectivity index (χ0n) is 10.4. The molecule has 1 saturated carbocycles. The number of nitrogens with one attached hydrogen (secondary N) is 1. The average molecular weight is 262 g/mol. The van der Waals surface area contributed by atoms with Crippen molar-refractivity contribution in [2.24, 2.45) is 0 Å². The molecular formula is C11H22N2O3S. The summed E-state index contributed by atoms with van der Waals surface area (Å²) < 4.78 is 32.0. The van der Waals surface area contributed by atoms with Crippen LogP contribution in [0.25, 0.3) is 0 Å². The van der Waals surface area contributed by atoms with Crippen LogP contribution in [0.2, 0.25) is 0 Å². The van der Waals surface area contributed by atoms with E-state index in [-0.39, 0.29) is 11.4 Å². The fourth-order valence-corrected chi connectivity index (χ4v) is 4.93. The molecule has 100 valence electrons. The first-order valence-electron chi connectivity index (χ1n) is 6.38. The number of ether oxygens (including phenoxy) is 1. The Morgan fingerprint density at radius 3 is 2.47 bits per heavy atom. The van der Waals surface area contributed by atoms with E-state index < -0.39 is 10.0 Å². The van der Waals surface area contributed by atoms with Gasteiger partial charge in [-0.15, -0.1) is 0 Å². The fourth-order valence-electron chi connectivity index (χ4n) is 2.76. The van der Waals surface area contributed by atoms with Gasteiger partial charge in [0.25, 0.3) is 0 Å². The lowest BCUT2D eigenvalue weighted by atomic mass is 9.97. The first-order chi connectivity index (χ1) is 8.16. The molecule has 0 aromatic heterocycles. The Labute approximate surface area is 104 Å². The molecule has 6 heteroatoms. The fraction of sp³-hybridized carbons (Fsp3) is 1.00. The van der Waals surface area contributed by atoms with Gasteiger partial charge in [0.05, 0.1) is 6.10 Å². The normalized spacial score (nSPS) is 32.5. The molecular weight excluding hydrogens is 240 g/mol. The zero-order valence-corrected chi connectivity index (χ0v) is 11.2. The van der Waals surface area contributed by atoms with Crippen molar-refractivity contribution >= 4 is 10.0 Å². The molecule has 0 aromatic rings. The Bertz CT molecular complexity index is 339. The van der Waals surface area contributed by atoms with Gasteiger partial charge in [-0.25, -0.2) is 8.42 Å². The third-order valence-electron chi connectivity index (χ3n) is 3.76. The third-order valence-corrected chi connectivity index (χ3v) is 6.15. The van der Waals surface area contributed by atoms with E-state index in [1.807, 2.05) is 0 Å². The number of methoxy groups -OCH3 is 1. The lowest BCUT2D eigenvalue weighted by Crippen LogP contribution is -2.52. The van der Waals surface area contributed by atoms with E-state index in [9.17, 15) is 8.42 Å². The van der Waals surface area contributed by atoms with Gasteiger partial charge < -0.3 is 10.1 Å². The van der Waals surface area contributed by atoms with E-state index in [1.54, 1.807) is 11.4 Å². The number of hydrogen-bond acceptors (Lipinski definition) is 4. The second kappa shape index (κ2) is 5.65. The van der Waals surface area contributed by atoms with Gasteiger partial charge >= 0.3 is 0 Å². The lowest BCUT2D eigenvalue weighted by molar-refractivity contribution is 0.0719. The molecule has 1 aliphatic carbocycles. The Hall–Kier alpha value is -0.170. The maximum Gasteiger partial charge on any atom is 0.219 e. The van der Waals surface area contributed by atoms with E-state index in [4.69, 9.17) is 4.74 Å². The molecule has 2 atom stereocenters. The second-order valence-corrected chi connectivity index (χ2v) is 6.94. The zero-order chi connectivity index (χ0) is 12.3. The second-order valence-electron chi connectivity index (χ2n) is 4.79. The van der Waals surface area contributed by atoms with Crippen molar-refractivity contribution in [3.05, 3.63) is 0 Å². The largest absolute Gasteiger partial charge is 0.380 e. The summed E-state index contributed by atoms with van der Waals surface area (Å²) in [7, 11) is -1.56. The summed E-state index contributed by atoms with van der Waals surface area (Å²) >= 11 is 0. The molecule has 0 spiro atoms. The summed E-state index contributed by atoms with van der Waals surface area (Å²) in [6.07, 6.45) is 3.56. The summed E-state index contributed by atoms with van der Waals surface area (Å²) in [6, 6.07) is 0. The average Bonchev–Trinajstić information content (AvgIpc) is 2.39. The van der Waals surface area contributed by atoms with Crippen LogP contribution >= 0.6 is 0 Å². The van der Waals surface area contributed by atoms with Crippen molar-refractivity contribution in [2.75, 3.05) is 33.3 Å². The van der Waals surface area contributed by atoms with Crippen LogP contribution in [0, 0.1) is 0 Å². The molecule has 1 N–H and O–H groups in total. The SMILES string of the molecule is COC1CCCCC1S(=O)(=O)N1CCNCC1. The number of piperazine rings is 1. The van der Waals surface area contributed by atoms with Crippen molar-refractivity contribution in [1.29, 1.82) is 0 Å². The van der Waals surface area contributed by atoms with Crippen LogP contribution in [0.1, 0.15) is 25.7 Å². The highest BCUT2D eigenvalue weighted by Gasteiger charge is 2.39. The van der Waals surface area contributed by atoms with E-state index in [1.165, 1.54) is 0 Å². The lowest BCUT2D eigenvalue weighted by Gasteiger charge is -2.35. The van der Waals surface area contributed by atoms with Crippen LogP contribution in [0.4, 0.5) is 0 Å². The molecule has 1 aliphatic heterocycles. The highest BCUT2D eigenvalue weighted by Crippen LogP contribution is 2.28. The topological polar surface area (TPSA) is 58.6 Å². The van der Waals surface area contributed by atoms with Crippen molar-refractivity contribution in [1.82, 2.24) is 9.62 Å². The number of rotatable bonds is 3. The highest BCUT2D eigenvalue weighted by molar-refractivity contribution is 7.89. The predicted molar refractivity (Wildman–Crippen MR) is 66.4 cm³/mol. The van der Waals surface area contributed by atoms with Gasteiger partial charge in [0.15, 0.2) is 0 Å². The van der Waals surface area contributed by atoms with Crippen molar-refractivity contribution in [2.45, 2.75) is 37.0 Å². The molecule has 0 aromatic carbocycles. The molecule has 2 fully saturated rings. The van der Waals surface area contributed by atoms with Crippen molar-refractivity contribution in [3.63, 3.8) is 0 Å². The van der Waals surface area contributed by atoms with E-state index >= 15 is 0 Å². The van der Waals surface area contributed by atoms with Gasteiger partial charge in [-0.3, -0.25) is 0 Å². The minimum atomic E-state index is -3.18. The molecule has 5 nitrogen and oxygen atoms in total. The molecule has 1 heterocycles. The Balaban J connectivity index is 2.11. The summed E-state index contributed by atoms with van der Waals surface area (Å²) in [5.74, 6) is 0. The highest BCUT2D eigenvalue weighted by atomic mass is 32.2. The minimum absolute atomic E-state index is 0.122. The van der Waals surface area contributed by atoms with Crippen LogP contribution in [0.15, 0.2) is 0 Å². The first kappa shape index (κ1) is 13.3. The first-order valence-corrected chi connectivity index (χ1v) is 7.89. The Morgan fingerprint density at radius 2 is 1.82 bits per heavy atom. The Kier molecular flexibility index (Phi) is 4.41. The maximum atomic E-state index is 12.5. The predicted octanol–water partition coefficient (Wildman–Crippen LogP) is 0.179. The van der Waals surface area contributed by atoms with Crippen molar-refractivity contribution in [3.8, 4) is 0 Å². The van der Waals surface area contributed by atoms with Gasteiger partial charge in [0.2, 0.25) is 10.0 Å². The molecule has 2 rings (SSSR count). The number of sulfonamides is 1. The smallest absolute Gasteiger partial charge is 0.219 e. The monoisotopic (exact) mass is 262 g/mol. The van der Waals surface area contributed by atoms with Gasteiger partial charge in [-0.1, -0.05) is 12.8 Å². The number of hydrogen-bond donors (Lipinski definition) is 1. The van der Waals surface area contributed by atoms with Crippen LogP contribution in [-0.4, -0.2) is 57.4 Å². The van der Waals surface area contributed by atoms with E-state index in [0.29, 0.717) is 13.1 Å². The van der Waals surface area contributed by atoms with Crippen LogP contribution < -0.4 is 5.32 Å². The molecule has 17 heavy (non-hydrogen) atoms. The molecule has 0 radical (unpaired) electrons. The van der Waals surface area contributed by atoms with Gasteiger partial charge in [0, 0.05) is 33.3 Å². The summed E-state index contributed by atoms with van der Waals surface area (Å²) in [5.41, 5.74) is 0. The molecule has 0 amide bonds. The van der Waals surface area contributed by atoms with E-state index in [2.05, 4.69) is 5.32 Å². The van der Waals surface area contributed by atoms with Crippen molar-refractivity contribution < 1.29 is 13.2 Å². The minimum Gasteiger partial charge on any atom is -0.380 e. The third kappa shape index (κ3) is 2.81. The molecule has 1 saturated heterocycles. The van der Waals surface area contributed by atoms with Gasteiger partial charge in [-0.05, 0) is 12.8 Å². The quantitative estimate of drug-likeness (QED) is 0.788.